The molecule has 2 atom stereocenters. The van der Waals surface area contributed by atoms with E-state index >= 15 is 0 Å². The topological polar surface area (TPSA) is 68.8 Å². The van der Waals surface area contributed by atoms with Crippen molar-refractivity contribution < 1.29 is 31.1 Å². The summed E-state index contributed by atoms with van der Waals surface area (Å²) in [6, 6.07) is 3.65. The number of aromatic nitrogens is 5. The van der Waals surface area contributed by atoms with Crippen LogP contribution < -0.4 is 0 Å². The highest BCUT2D eigenvalue weighted by molar-refractivity contribution is 5.98. The molecule has 6 rings (SSSR count). The molecule has 0 aliphatic carbocycles. The van der Waals surface area contributed by atoms with Gasteiger partial charge in [0.2, 0.25) is 0 Å². The molecule has 1 amide bonds. The number of carbonyl (C=O) groups excluding carboxylic acids is 1. The number of halogens is 6. The maximum absolute atomic E-state index is 14.1. The summed E-state index contributed by atoms with van der Waals surface area (Å²) in [6.07, 6.45) is 0.0963. The molecular formula is C26H20F6N6O. The van der Waals surface area contributed by atoms with Gasteiger partial charge in [-0.15, -0.1) is 0 Å². The molecule has 39 heavy (non-hydrogen) atoms. The zero-order chi connectivity index (χ0) is 27.6. The van der Waals surface area contributed by atoms with Gasteiger partial charge in [-0.25, -0.2) is 13.2 Å². The molecule has 0 unspecified atom stereocenters. The Hall–Kier alpha value is -4.16. The van der Waals surface area contributed by atoms with Crippen LogP contribution in [0.2, 0.25) is 0 Å². The van der Waals surface area contributed by atoms with Crippen LogP contribution in [0.25, 0.3) is 16.9 Å². The smallest absolute Gasteiger partial charge is 0.327 e. The van der Waals surface area contributed by atoms with Crippen LogP contribution >= 0.6 is 0 Å². The summed E-state index contributed by atoms with van der Waals surface area (Å²) >= 11 is 0. The summed E-state index contributed by atoms with van der Waals surface area (Å²) in [6.45, 7) is 0. The molecule has 2 bridgehead atoms. The number of carbonyl (C=O) groups is 1. The standard InChI is InChI=1S/C26H20F6N6O/c1-36-24(13-9-18(27)22(29)19(28)10-13)17-12-15-3-2-4-21(23(17)35-36)37(15)25(39)16-11-14(26(30,31)32)5-6-20(16)38-33-7-8-34-38/h5-11,15,21H,2-4,12H2,1H3/t15-,21+/m0/s1. The van der Waals surface area contributed by atoms with Crippen LogP contribution in [0.15, 0.2) is 42.7 Å². The van der Waals surface area contributed by atoms with E-state index in [1.165, 1.54) is 17.1 Å². The lowest BCUT2D eigenvalue weighted by molar-refractivity contribution is -0.137. The Morgan fingerprint density at radius 2 is 1.69 bits per heavy atom. The molecule has 2 aliphatic heterocycles. The number of fused-ring (bicyclic) bond motifs is 4. The minimum atomic E-state index is -4.67. The fourth-order valence-corrected chi connectivity index (χ4v) is 5.74. The van der Waals surface area contributed by atoms with E-state index in [-0.39, 0.29) is 23.2 Å². The van der Waals surface area contributed by atoms with Gasteiger partial charge in [0.1, 0.15) is 0 Å². The van der Waals surface area contributed by atoms with Gasteiger partial charge in [0.25, 0.3) is 5.91 Å². The van der Waals surface area contributed by atoms with Crippen molar-refractivity contribution in [3.8, 4) is 16.9 Å². The van der Waals surface area contributed by atoms with Crippen molar-refractivity contribution in [1.29, 1.82) is 0 Å². The second kappa shape index (κ2) is 8.95. The molecule has 4 heterocycles. The first-order valence-electron chi connectivity index (χ1n) is 12.2. The molecule has 7 nitrogen and oxygen atoms in total. The molecule has 2 aromatic heterocycles. The highest BCUT2D eigenvalue weighted by Gasteiger charge is 2.44. The average Bonchev–Trinajstić information content (AvgIpc) is 3.53. The van der Waals surface area contributed by atoms with Crippen molar-refractivity contribution in [2.45, 2.75) is 43.9 Å². The Balaban J connectivity index is 1.46. The van der Waals surface area contributed by atoms with Crippen LogP contribution in [0, 0.1) is 17.5 Å². The van der Waals surface area contributed by atoms with Crippen LogP contribution in [0.3, 0.4) is 0 Å². The van der Waals surface area contributed by atoms with Crippen molar-refractivity contribution in [3.05, 3.63) is 82.6 Å². The maximum atomic E-state index is 14.1. The molecule has 0 radical (unpaired) electrons. The maximum Gasteiger partial charge on any atom is 0.416 e. The number of nitrogens with zero attached hydrogens (tertiary/aromatic N) is 6. The quantitative estimate of drug-likeness (QED) is 0.255. The third-order valence-corrected chi connectivity index (χ3v) is 7.36. The molecule has 0 saturated carbocycles. The van der Waals surface area contributed by atoms with Crippen molar-refractivity contribution in [1.82, 2.24) is 29.7 Å². The van der Waals surface area contributed by atoms with Gasteiger partial charge in [-0.3, -0.25) is 9.48 Å². The predicted molar refractivity (Wildman–Crippen MR) is 125 cm³/mol. The van der Waals surface area contributed by atoms with E-state index in [9.17, 15) is 31.1 Å². The van der Waals surface area contributed by atoms with E-state index in [1.54, 1.807) is 11.9 Å². The lowest BCUT2D eigenvalue weighted by atomic mass is 9.81. The summed E-state index contributed by atoms with van der Waals surface area (Å²) in [5, 5.41) is 12.5. The summed E-state index contributed by atoms with van der Waals surface area (Å²) in [5.74, 6) is -4.87. The molecule has 202 valence electrons. The number of amides is 1. The van der Waals surface area contributed by atoms with Crippen molar-refractivity contribution >= 4 is 5.91 Å². The molecule has 2 aliphatic rings. The first kappa shape index (κ1) is 25.1. The lowest BCUT2D eigenvalue weighted by Crippen LogP contribution is -2.50. The molecule has 0 spiro atoms. The number of aryl methyl sites for hydroxylation is 1. The van der Waals surface area contributed by atoms with Gasteiger partial charge in [0, 0.05) is 24.2 Å². The molecule has 0 N–H and O–H groups in total. The number of hydrogen-bond acceptors (Lipinski definition) is 4. The largest absolute Gasteiger partial charge is 0.416 e. The van der Waals surface area contributed by atoms with Gasteiger partial charge in [0.05, 0.1) is 46.6 Å². The van der Waals surface area contributed by atoms with Gasteiger partial charge < -0.3 is 4.90 Å². The Labute approximate surface area is 217 Å². The van der Waals surface area contributed by atoms with E-state index in [0.29, 0.717) is 29.8 Å². The van der Waals surface area contributed by atoms with E-state index < -0.39 is 47.2 Å². The fourth-order valence-electron chi connectivity index (χ4n) is 5.74. The summed E-state index contributed by atoms with van der Waals surface area (Å²) < 4.78 is 84.0. The van der Waals surface area contributed by atoms with Crippen LogP contribution in [-0.2, 0) is 19.6 Å². The first-order valence-corrected chi connectivity index (χ1v) is 12.2. The van der Waals surface area contributed by atoms with Gasteiger partial charge in [0.15, 0.2) is 17.5 Å². The molecule has 1 saturated heterocycles. The number of alkyl halides is 3. The summed E-state index contributed by atoms with van der Waals surface area (Å²) in [7, 11) is 1.58. The minimum Gasteiger partial charge on any atom is -0.327 e. The Bertz CT molecular complexity index is 1570. The van der Waals surface area contributed by atoms with Crippen molar-refractivity contribution in [3.63, 3.8) is 0 Å². The van der Waals surface area contributed by atoms with E-state index in [1.807, 2.05) is 0 Å². The Morgan fingerprint density at radius 1 is 1.00 bits per heavy atom. The third-order valence-electron chi connectivity index (χ3n) is 7.36. The molecule has 4 aromatic rings. The third kappa shape index (κ3) is 4.07. The molecule has 1 fully saturated rings. The van der Waals surface area contributed by atoms with Gasteiger partial charge in [-0.05, 0) is 56.0 Å². The normalized spacial score (nSPS) is 18.8. The van der Waals surface area contributed by atoms with Gasteiger partial charge >= 0.3 is 6.18 Å². The Morgan fingerprint density at radius 3 is 2.36 bits per heavy atom. The fraction of sp³-hybridized carbons (Fsp3) is 0.308. The van der Waals surface area contributed by atoms with E-state index in [2.05, 4.69) is 15.3 Å². The summed E-state index contributed by atoms with van der Waals surface area (Å²) in [4.78, 5) is 16.7. The zero-order valence-electron chi connectivity index (χ0n) is 20.4. The predicted octanol–water partition coefficient (Wildman–Crippen LogP) is 5.40. The zero-order valence-corrected chi connectivity index (χ0v) is 20.4. The van der Waals surface area contributed by atoms with Crippen molar-refractivity contribution in [2.24, 2.45) is 7.05 Å². The van der Waals surface area contributed by atoms with Crippen molar-refractivity contribution in [2.75, 3.05) is 0 Å². The SMILES string of the molecule is Cn1nc2c(c1-c1cc(F)c(F)c(F)c1)C[C@@H]1CCC[C@H]2N1C(=O)c1cc(C(F)(F)F)ccc1-n1nccn1. The van der Waals surface area contributed by atoms with E-state index in [0.717, 1.165) is 41.5 Å². The van der Waals surface area contributed by atoms with Gasteiger partial charge in [-0.1, -0.05) is 0 Å². The molecule has 13 heteroatoms. The monoisotopic (exact) mass is 546 g/mol. The second-order valence-electron chi connectivity index (χ2n) is 9.66. The van der Waals surface area contributed by atoms with E-state index in [4.69, 9.17) is 0 Å². The number of piperidine rings is 1. The molecule has 2 aromatic carbocycles. The lowest BCUT2D eigenvalue weighted by Gasteiger charge is -2.45. The van der Waals surface area contributed by atoms with Crippen LogP contribution in [0.5, 0.6) is 0 Å². The summed E-state index contributed by atoms with van der Waals surface area (Å²) in [5.41, 5.74) is 0.566. The highest BCUT2D eigenvalue weighted by Crippen LogP contribution is 2.46. The first-order chi connectivity index (χ1) is 18.5. The second-order valence-corrected chi connectivity index (χ2v) is 9.66. The van der Waals surface area contributed by atoms with Crippen LogP contribution in [0.1, 0.15) is 52.5 Å². The van der Waals surface area contributed by atoms with Crippen LogP contribution in [-0.4, -0.2) is 41.6 Å². The highest BCUT2D eigenvalue weighted by atomic mass is 19.4. The minimum absolute atomic E-state index is 0.0980. The number of hydrogen-bond donors (Lipinski definition) is 0. The van der Waals surface area contributed by atoms with Gasteiger partial charge in [-0.2, -0.15) is 33.3 Å². The average molecular weight is 546 g/mol. The van der Waals surface area contributed by atoms with Crippen LogP contribution in [0.4, 0.5) is 26.3 Å². The Kier molecular flexibility index (Phi) is 5.77. The molecular weight excluding hydrogens is 526 g/mol. The number of rotatable bonds is 3. The number of benzene rings is 2.